The van der Waals surface area contributed by atoms with E-state index in [9.17, 15) is 4.79 Å². The van der Waals surface area contributed by atoms with Crippen molar-refractivity contribution in [2.24, 2.45) is 5.10 Å². The largest absolute Gasteiger partial charge is 0.460 e. The third-order valence-corrected chi connectivity index (χ3v) is 2.96. The normalized spacial score (nSPS) is 11.2. The molecule has 20 heavy (non-hydrogen) atoms. The summed E-state index contributed by atoms with van der Waals surface area (Å²) in [6.45, 7) is 6.08. The van der Waals surface area contributed by atoms with Crippen molar-refractivity contribution in [3.05, 3.63) is 59.0 Å². The fourth-order valence-corrected chi connectivity index (χ4v) is 1.76. The van der Waals surface area contributed by atoms with Gasteiger partial charge in [-0.1, -0.05) is 26.0 Å². The van der Waals surface area contributed by atoms with Crippen LogP contribution in [0.15, 0.2) is 45.9 Å². The molecule has 104 valence electrons. The number of hydrogen-bond donors (Lipinski definition) is 1. The van der Waals surface area contributed by atoms with Gasteiger partial charge in [-0.2, -0.15) is 5.10 Å². The first-order valence-corrected chi connectivity index (χ1v) is 6.56. The molecule has 0 saturated heterocycles. The third-order valence-electron chi connectivity index (χ3n) is 2.96. The molecule has 0 aliphatic carbocycles. The van der Waals surface area contributed by atoms with Crippen molar-refractivity contribution in [2.75, 3.05) is 0 Å². The van der Waals surface area contributed by atoms with E-state index in [2.05, 4.69) is 24.4 Å². The molecule has 1 heterocycles. The second-order valence-corrected chi connectivity index (χ2v) is 4.92. The Morgan fingerprint density at radius 1 is 1.20 bits per heavy atom. The lowest BCUT2D eigenvalue weighted by atomic mass is 10.0. The minimum Gasteiger partial charge on any atom is -0.460 e. The van der Waals surface area contributed by atoms with Gasteiger partial charge in [-0.3, -0.25) is 4.79 Å². The van der Waals surface area contributed by atoms with E-state index in [-0.39, 0.29) is 5.91 Å². The van der Waals surface area contributed by atoms with Crippen molar-refractivity contribution in [3.8, 4) is 0 Å². The molecule has 1 amide bonds. The molecule has 1 aromatic carbocycles. The van der Waals surface area contributed by atoms with Gasteiger partial charge in [0.25, 0.3) is 5.91 Å². The first-order valence-electron chi connectivity index (χ1n) is 6.56. The number of furan rings is 1. The number of hydrazone groups is 1. The number of benzene rings is 1. The molecule has 0 saturated carbocycles. The Bertz CT molecular complexity index is 610. The minimum absolute atomic E-state index is 0.236. The fourth-order valence-electron chi connectivity index (χ4n) is 1.76. The zero-order valence-electron chi connectivity index (χ0n) is 11.9. The summed E-state index contributed by atoms with van der Waals surface area (Å²) in [5, 5.41) is 3.87. The molecule has 0 radical (unpaired) electrons. The van der Waals surface area contributed by atoms with Gasteiger partial charge in [0.05, 0.1) is 6.21 Å². The van der Waals surface area contributed by atoms with Gasteiger partial charge >= 0.3 is 0 Å². The highest BCUT2D eigenvalue weighted by Crippen LogP contribution is 2.14. The number of carbonyl (C=O) groups excluding carboxylic acids is 1. The maximum atomic E-state index is 11.9. The van der Waals surface area contributed by atoms with E-state index in [4.69, 9.17) is 4.42 Å². The SMILES string of the molecule is Cc1ccc(C=NNC(=O)c2ccc(C(C)C)cc2)o1. The van der Waals surface area contributed by atoms with E-state index in [0.717, 1.165) is 5.76 Å². The summed E-state index contributed by atoms with van der Waals surface area (Å²) in [6, 6.07) is 11.2. The number of nitrogens with one attached hydrogen (secondary N) is 1. The van der Waals surface area contributed by atoms with Gasteiger partial charge in [0, 0.05) is 5.56 Å². The topological polar surface area (TPSA) is 54.6 Å². The molecule has 0 unspecified atom stereocenters. The van der Waals surface area contributed by atoms with Crippen molar-refractivity contribution in [2.45, 2.75) is 26.7 Å². The Kier molecular flexibility index (Phi) is 4.35. The highest BCUT2D eigenvalue weighted by molar-refractivity contribution is 5.94. The Labute approximate surface area is 118 Å². The monoisotopic (exact) mass is 270 g/mol. The predicted molar refractivity (Wildman–Crippen MR) is 79.0 cm³/mol. The molecule has 4 heteroatoms. The number of rotatable bonds is 4. The highest BCUT2D eigenvalue weighted by Gasteiger charge is 2.05. The second-order valence-electron chi connectivity index (χ2n) is 4.92. The van der Waals surface area contributed by atoms with E-state index < -0.39 is 0 Å². The van der Waals surface area contributed by atoms with Crippen LogP contribution in [0.25, 0.3) is 0 Å². The Balaban J connectivity index is 1.96. The molecule has 0 aliphatic heterocycles. The lowest BCUT2D eigenvalue weighted by molar-refractivity contribution is 0.0955. The van der Waals surface area contributed by atoms with Gasteiger partial charge < -0.3 is 4.42 Å². The molecule has 2 aromatic rings. The first-order chi connectivity index (χ1) is 9.56. The number of aryl methyl sites for hydroxylation is 1. The van der Waals surface area contributed by atoms with Crippen LogP contribution in [-0.4, -0.2) is 12.1 Å². The number of carbonyl (C=O) groups is 1. The summed E-state index contributed by atoms with van der Waals surface area (Å²) in [5.41, 5.74) is 4.27. The molecular formula is C16H18N2O2. The zero-order valence-corrected chi connectivity index (χ0v) is 11.9. The molecule has 0 atom stereocenters. The lowest BCUT2D eigenvalue weighted by Crippen LogP contribution is -2.17. The second kappa shape index (κ2) is 6.19. The number of hydrogen-bond acceptors (Lipinski definition) is 3. The summed E-state index contributed by atoms with van der Waals surface area (Å²) >= 11 is 0. The Morgan fingerprint density at radius 3 is 2.45 bits per heavy atom. The summed E-state index contributed by atoms with van der Waals surface area (Å²) in [4.78, 5) is 11.9. The van der Waals surface area contributed by atoms with Crippen LogP contribution in [0.4, 0.5) is 0 Å². The molecule has 0 fully saturated rings. The van der Waals surface area contributed by atoms with Crippen LogP contribution in [0.3, 0.4) is 0 Å². The van der Waals surface area contributed by atoms with Crippen LogP contribution in [-0.2, 0) is 0 Å². The van der Waals surface area contributed by atoms with Crippen molar-refractivity contribution in [3.63, 3.8) is 0 Å². The number of nitrogens with zero attached hydrogens (tertiary/aromatic N) is 1. The van der Waals surface area contributed by atoms with Gasteiger partial charge in [-0.05, 0) is 42.7 Å². The van der Waals surface area contributed by atoms with E-state index in [1.54, 1.807) is 18.2 Å². The van der Waals surface area contributed by atoms with Gasteiger partial charge in [0.1, 0.15) is 11.5 Å². The maximum Gasteiger partial charge on any atom is 0.271 e. The van der Waals surface area contributed by atoms with E-state index in [0.29, 0.717) is 17.2 Å². The van der Waals surface area contributed by atoms with Crippen molar-refractivity contribution >= 4 is 12.1 Å². The van der Waals surface area contributed by atoms with Gasteiger partial charge in [0.2, 0.25) is 0 Å². The summed E-state index contributed by atoms with van der Waals surface area (Å²) < 4.78 is 5.31. The van der Waals surface area contributed by atoms with Crippen molar-refractivity contribution < 1.29 is 9.21 Å². The lowest BCUT2D eigenvalue weighted by Gasteiger charge is -2.05. The molecule has 2 rings (SSSR count). The van der Waals surface area contributed by atoms with Gasteiger partial charge in [-0.25, -0.2) is 5.43 Å². The van der Waals surface area contributed by atoms with Gasteiger partial charge in [0.15, 0.2) is 0 Å². The average molecular weight is 270 g/mol. The van der Waals surface area contributed by atoms with Crippen molar-refractivity contribution in [1.82, 2.24) is 5.43 Å². The maximum absolute atomic E-state index is 11.9. The molecule has 0 bridgehead atoms. The molecular weight excluding hydrogens is 252 g/mol. The van der Waals surface area contributed by atoms with Crippen LogP contribution < -0.4 is 5.43 Å². The summed E-state index contributed by atoms with van der Waals surface area (Å²) in [5.74, 6) is 1.63. The molecule has 4 nitrogen and oxygen atoms in total. The minimum atomic E-state index is -0.236. The zero-order chi connectivity index (χ0) is 14.5. The Hall–Kier alpha value is -2.36. The predicted octanol–water partition coefficient (Wildman–Crippen LogP) is 3.48. The number of amides is 1. The van der Waals surface area contributed by atoms with E-state index in [1.165, 1.54) is 11.8 Å². The molecule has 0 aliphatic rings. The van der Waals surface area contributed by atoms with E-state index in [1.807, 2.05) is 25.1 Å². The van der Waals surface area contributed by atoms with Crippen LogP contribution in [0.5, 0.6) is 0 Å². The average Bonchev–Trinajstić information content (AvgIpc) is 2.84. The fraction of sp³-hybridized carbons (Fsp3) is 0.250. The smallest absolute Gasteiger partial charge is 0.271 e. The van der Waals surface area contributed by atoms with Crippen molar-refractivity contribution in [1.29, 1.82) is 0 Å². The van der Waals surface area contributed by atoms with Crippen LogP contribution in [0.2, 0.25) is 0 Å². The summed E-state index contributed by atoms with van der Waals surface area (Å²) in [6.07, 6.45) is 1.48. The molecule has 0 spiro atoms. The van der Waals surface area contributed by atoms with Gasteiger partial charge in [-0.15, -0.1) is 0 Å². The van der Waals surface area contributed by atoms with Crippen LogP contribution in [0.1, 0.15) is 47.2 Å². The van der Waals surface area contributed by atoms with Crippen LogP contribution >= 0.6 is 0 Å². The first kappa shape index (κ1) is 14.1. The summed E-state index contributed by atoms with van der Waals surface area (Å²) in [7, 11) is 0. The molecule has 1 aromatic heterocycles. The Morgan fingerprint density at radius 2 is 1.90 bits per heavy atom. The molecule has 1 N–H and O–H groups in total. The third kappa shape index (κ3) is 3.57. The van der Waals surface area contributed by atoms with Crippen LogP contribution in [0, 0.1) is 6.92 Å². The van der Waals surface area contributed by atoms with E-state index >= 15 is 0 Å². The highest BCUT2D eigenvalue weighted by atomic mass is 16.3. The quantitative estimate of drug-likeness (QED) is 0.683. The standard InChI is InChI=1S/C16H18N2O2/c1-11(2)13-5-7-14(8-6-13)16(19)18-17-10-15-9-4-12(3)20-15/h4-11H,1-3H3,(H,18,19).